The fraction of sp³-hybridized carbons (Fsp3) is 0.935. The van der Waals surface area contributed by atoms with Gasteiger partial charge in [0.25, 0.3) is 6.29 Å². The van der Waals surface area contributed by atoms with E-state index in [0.29, 0.717) is 17.4 Å². The van der Waals surface area contributed by atoms with Crippen molar-refractivity contribution in [3.05, 3.63) is 12.2 Å². The number of hydrogen-bond acceptors (Lipinski definition) is 7. The van der Waals surface area contributed by atoms with E-state index in [2.05, 4.69) is 26.0 Å². The van der Waals surface area contributed by atoms with E-state index in [4.69, 9.17) is 18.9 Å². The summed E-state index contributed by atoms with van der Waals surface area (Å²) in [5.74, 6) is -1.97. The fourth-order valence-electron chi connectivity index (χ4n) is 11.9. The summed E-state index contributed by atoms with van der Waals surface area (Å²) in [5.41, 5.74) is 0. The van der Waals surface area contributed by atoms with Crippen molar-refractivity contribution in [1.82, 2.24) is 0 Å². The van der Waals surface area contributed by atoms with Gasteiger partial charge in [0.15, 0.2) is 6.10 Å². The van der Waals surface area contributed by atoms with E-state index in [0.717, 1.165) is 38.5 Å². The SMILES string of the molecule is CCCCCCCCCC/C=C\CCCCCCCCCCCCCCCCCCCCCCCCCCCC(=O)OC(COC(=O)CCCCCCCCCCCCCCCCCCCCCCCCCC)COC(OCC[N+](C)(C)C)C(=O)O. The summed E-state index contributed by atoms with van der Waals surface area (Å²) in [7, 11) is 6.00. The third-order valence-corrected chi connectivity index (χ3v) is 17.8. The number of esters is 2. The zero-order valence-corrected chi connectivity index (χ0v) is 58.5. The molecule has 1 N–H and O–H groups in total. The number of carboxylic acids is 1. The molecule has 0 aliphatic carbocycles. The van der Waals surface area contributed by atoms with E-state index in [1.807, 2.05) is 21.1 Å². The van der Waals surface area contributed by atoms with Crippen molar-refractivity contribution in [3.63, 3.8) is 0 Å². The van der Waals surface area contributed by atoms with Crippen LogP contribution in [-0.4, -0.2) is 87.4 Å². The standard InChI is InChI=1S/C77H149NO8/c1-6-8-10-12-14-16-18-20-22-24-26-28-30-32-33-34-35-36-37-38-39-40-41-42-43-44-46-48-50-52-54-56-58-60-62-64-66-68-75(80)86-73(72-85-77(76(81)82)83-70-69-78(3,4)5)71-84-74(79)67-65-63-61-59-57-55-53-51-49-47-45-31-29-27-25-23-21-19-17-15-13-11-9-7-2/h24,26,73,77H,6-23,25,27-72H2,1-5H3/p+1/b26-24-. The van der Waals surface area contributed by atoms with Gasteiger partial charge in [-0.15, -0.1) is 0 Å². The summed E-state index contributed by atoms with van der Waals surface area (Å²) >= 11 is 0. The third-order valence-electron chi connectivity index (χ3n) is 17.8. The fourth-order valence-corrected chi connectivity index (χ4v) is 11.9. The summed E-state index contributed by atoms with van der Waals surface area (Å²) in [6.45, 7) is 4.97. The van der Waals surface area contributed by atoms with Crippen LogP contribution in [0.1, 0.15) is 406 Å². The van der Waals surface area contributed by atoms with Crippen LogP contribution in [0.5, 0.6) is 0 Å². The van der Waals surface area contributed by atoms with Gasteiger partial charge in [-0.2, -0.15) is 0 Å². The highest BCUT2D eigenvalue weighted by Gasteiger charge is 2.25. The Morgan fingerprint density at radius 2 is 0.593 bits per heavy atom. The molecule has 0 radical (unpaired) electrons. The molecule has 9 nitrogen and oxygen atoms in total. The number of quaternary nitrogens is 1. The second-order valence-electron chi connectivity index (χ2n) is 27.7. The van der Waals surface area contributed by atoms with Gasteiger partial charge >= 0.3 is 17.9 Å². The molecule has 0 rings (SSSR count). The molecular weight excluding hydrogens is 1070 g/mol. The minimum absolute atomic E-state index is 0.173. The Kier molecular flexibility index (Phi) is 67.4. The number of rotatable bonds is 73. The Morgan fingerprint density at radius 1 is 0.337 bits per heavy atom. The largest absolute Gasteiger partial charge is 0.477 e. The van der Waals surface area contributed by atoms with Gasteiger partial charge in [-0.05, 0) is 38.5 Å². The molecule has 9 heteroatoms. The van der Waals surface area contributed by atoms with Crippen LogP contribution >= 0.6 is 0 Å². The van der Waals surface area contributed by atoms with Crippen molar-refractivity contribution in [2.45, 2.75) is 418 Å². The smallest absolute Gasteiger partial charge is 0.361 e. The lowest BCUT2D eigenvalue weighted by Gasteiger charge is -2.25. The average Bonchev–Trinajstić information content (AvgIpc) is 3.64. The first-order chi connectivity index (χ1) is 42.1. The molecule has 0 fully saturated rings. The Bertz CT molecular complexity index is 1410. The molecule has 86 heavy (non-hydrogen) atoms. The molecule has 0 bridgehead atoms. The molecule has 0 saturated heterocycles. The zero-order chi connectivity index (χ0) is 62.6. The predicted molar refractivity (Wildman–Crippen MR) is 369 cm³/mol. The van der Waals surface area contributed by atoms with Gasteiger partial charge < -0.3 is 28.5 Å². The van der Waals surface area contributed by atoms with Crippen LogP contribution in [0.25, 0.3) is 0 Å². The molecule has 0 amide bonds. The molecular formula is C77H150NO8+. The maximum Gasteiger partial charge on any atom is 0.361 e. The number of allylic oxidation sites excluding steroid dienone is 2. The highest BCUT2D eigenvalue weighted by Crippen LogP contribution is 2.20. The van der Waals surface area contributed by atoms with Crippen molar-refractivity contribution in [3.8, 4) is 0 Å². The van der Waals surface area contributed by atoms with E-state index in [-0.39, 0.29) is 38.2 Å². The molecule has 510 valence electrons. The van der Waals surface area contributed by atoms with Gasteiger partial charge in [-0.25, -0.2) is 4.79 Å². The Hall–Kier alpha value is -1.97. The highest BCUT2D eigenvalue weighted by atomic mass is 16.7. The Morgan fingerprint density at radius 3 is 0.860 bits per heavy atom. The number of ether oxygens (including phenoxy) is 4. The number of carboxylic acid groups (broad SMARTS) is 1. The molecule has 0 aromatic heterocycles. The molecule has 2 atom stereocenters. The van der Waals surface area contributed by atoms with E-state index >= 15 is 0 Å². The molecule has 0 aliphatic rings. The lowest BCUT2D eigenvalue weighted by Crippen LogP contribution is -2.40. The van der Waals surface area contributed by atoms with E-state index in [1.54, 1.807) is 0 Å². The van der Waals surface area contributed by atoms with Gasteiger partial charge in [-0.3, -0.25) is 9.59 Å². The molecule has 0 aliphatic heterocycles. The minimum atomic E-state index is -1.51. The zero-order valence-electron chi connectivity index (χ0n) is 58.5. The van der Waals surface area contributed by atoms with Crippen molar-refractivity contribution in [1.29, 1.82) is 0 Å². The van der Waals surface area contributed by atoms with Crippen LogP contribution < -0.4 is 0 Å². The second-order valence-corrected chi connectivity index (χ2v) is 27.7. The minimum Gasteiger partial charge on any atom is -0.477 e. The first-order valence-electron chi connectivity index (χ1n) is 38.4. The number of unbranched alkanes of at least 4 members (excludes halogenated alkanes) is 56. The quantitative estimate of drug-likeness (QED) is 0.0211. The average molecular weight is 1220 g/mol. The monoisotopic (exact) mass is 1220 g/mol. The summed E-state index contributed by atoms with van der Waals surface area (Å²) in [6.07, 6.45) is 82.2. The Labute approximate surface area is 535 Å². The van der Waals surface area contributed by atoms with Crippen molar-refractivity contribution in [2.75, 3.05) is 47.5 Å². The molecule has 0 aromatic carbocycles. The number of carbonyl (C=O) groups is 3. The normalized spacial score (nSPS) is 12.6. The highest BCUT2D eigenvalue weighted by molar-refractivity contribution is 5.71. The summed E-state index contributed by atoms with van der Waals surface area (Å²) in [5, 5.41) is 9.76. The number of nitrogens with zero attached hydrogens (tertiary/aromatic N) is 1. The first kappa shape index (κ1) is 84.0. The van der Waals surface area contributed by atoms with Gasteiger partial charge in [0.05, 0.1) is 34.4 Å². The van der Waals surface area contributed by atoms with Gasteiger partial charge in [0.2, 0.25) is 0 Å². The van der Waals surface area contributed by atoms with Crippen molar-refractivity contribution >= 4 is 17.9 Å². The number of hydrogen-bond donors (Lipinski definition) is 1. The molecule has 0 spiro atoms. The maximum atomic E-state index is 13.0. The number of carbonyl (C=O) groups excluding carboxylic acids is 2. The van der Waals surface area contributed by atoms with E-state index < -0.39 is 18.4 Å². The van der Waals surface area contributed by atoms with Gasteiger partial charge in [0, 0.05) is 12.8 Å². The lowest BCUT2D eigenvalue weighted by atomic mass is 10.0. The molecule has 0 saturated carbocycles. The van der Waals surface area contributed by atoms with Gasteiger partial charge in [-0.1, -0.05) is 366 Å². The van der Waals surface area contributed by atoms with Crippen LogP contribution in [0.2, 0.25) is 0 Å². The van der Waals surface area contributed by atoms with Crippen LogP contribution in [0.15, 0.2) is 12.2 Å². The van der Waals surface area contributed by atoms with E-state index in [1.165, 1.54) is 340 Å². The first-order valence-corrected chi connectivity index (χ1v) is 38.4. The van der Waals surface area contributed by atoms with E-state index in [9.17, 15) is 19.5 Å². The second kappa shape index (κ2) is 68.9. The van der Waals surface area contributed by atoms with Crippen LogP contribution in [0.3, 0.4) is 0 Å². The lowest BCUT2D eigenvalue weighted by molar-refractivity contribution is -0.870. The maximum absolute atomic E-state index is 13.0. The van der Waals surface area contributed by atoms with Crippen LogP contribution in [0.4, 0.5) is 0 Å². The molecule has 2 unspecified atom stereocenters. The topological polar surface area (TPSA) is 108 Å². The third kappa shape index (κ3) is 69.5. The Balaban J connectivity index is 3.96. The molecule has 0 heterocycles. The summed E-state index contributed by atoms with van der Waals surface area (Å²) < 4.78 is 23.0. The number of likely N-dealkylation sites (N-methyl/N-ethyl adjacent to an activating group) is 1. The molecule has 0 aromatic rings. The van der Waals surface area contributed by atoms with Crippen LogP contribution in [-0.2, 0) is 33.3 Å². The predicted octanol–water partition coefficient (Wildman–Crippen LogP) is 24.0. The van der Waals surface area contributed by atoms with Crippen molar-refractivity contribution < 1.29 is 42.9 Å². The van der Waals surface area contributed by atoms with Crippen LogP contribution in [0, 0.1) is 0 Å². The van der Waals surface area contributed by atoms with Crippen molar-refractivity contribution in [2.24, 2.45) is 0 Å². The summed E-state index contributed by atoms with van der Waals surface area (Å²) in [4.78, 5) is 37.7. The summed E-state index contributed by atoms with van der Waals surface area (Å²) in [6, 6.07) is 0. The number of aliphatic carboxylic acids is 1. The van der Waals surface area contributed by atoms with Gasteiger partial charge in [0.1, 0.15) is 13.2 Å².